The molecule has 0 fully saturated rings. The van der Waals surface area contributed by atoms with E-state index in [1.54, 1.807) is 6.07 Å². The molecule has 0 radical (unpaired) electrons. The van der Waals surface area contributed by atoms with E-state index in [2.05, 4.69) is 20.3 Å². The van der Waals surface area contributed by atoms with E-state index < -0.39 is 0 Å². The Morgan fingerprint density at radius 2 is 1.95 bits per heavy atom. The molecule has 1 atom stereocenters. The summed E-state index contributed by atoms with van der Waals surface area (Å²) >= 11 is 13.3. The van der Waals surface area contributed by atoms with Gasteiger partial charge in [-0.25, -0.2) is 0 Å². The van der Waals surface area contributed by atoms with Crippen molar-refractivity contribution in [2.75, 3.05) is 17.3 Å². The monoisotopic (exact) mass is 329 g/mol. The Morgan fingerprint density at radius 3 is 2.60 bits per heavy atom. The maximum absolute atomic E-state index is 6.01. The number of rotatable bonds is 4. The second-order valence-electron chi connectivity index (χ2n) is 4.04. The SMILES string of the molecule is CSc1nc(N)nc(NC(C)c2ccc(Cl)c(Cl)c2)n1. The van der Waals surface area contributed by atoms with Crippen molar-refractivity contribution in [3.05, 3.63) is 33.8 Å². The maximum atomic E-state index is 6.01. The van der Waals surface area contributed by atoms with Gasteiger partial charge in [0, 0.05) is 0 Å². The molecule has 0 aliphatic heterocycles. The summed E-state index contributed by atoms with van der Waals surface area (Å²) in [5.41, 5.74) is 6.62. The van der Waals surface area contributed by atoms with Crippen LogP contribution in [0.5, 0.6) is 0 Å². The van der Waals surface area contributed by atoms with E-state index in [-0.39, 0.29) is 12.0 Å². The number of nitrogens with zero attached hydrogens (tertiary/aromatic N) is 3. The van der Waals surface area contributed by atoms with Crippen molar-refractivity contribution in [3.8, 4) is 0 Å². The summed E-state index contributed by atoms with van der Waals surface area (Å²) in [6, 6.07) is 5.42. The molecule has 1 aromatic carbocycles. The lowest BCUT2D eigenvalue weighted by molar-refractivity contribution is 0.831. The Labute approximate surface area is 131 Å². The molecule has 2 rings (SSSR count). The molecule has 1 unspecified atom stereocenters. The summed E-state index contributed by atoms with van der Waals surface area (Å²) in [7, 11) is 0. The topological polar surface area (TPSA) is 76.7 Å². The molecular formula is C12H13Cl2N5S. The summed E-state index contributed by atoms with van der Waals surface area (Å²) in [6.45, 7) is 1.97. The van der Waals surface area contributed by atoms with Gasteiger partial charge < -0.3 is 11.1 Å². The molecule has 1 heterocycles. The zero-order valence-corrected chi connectivity index (χ0v) is 13.2. The van der Waals surface area contributed by atoms with Gasteiger partial charge in [-0.3, -0.25) is 0 Å². The normalized spacial score (nSPS) is 12.2. The zero-order chi connectivity index (χ0) is 14.7. The van der Waals surface area contributed by atoms with Gasteiger partial charge in [-0.1, -0.05) is 41.0 Å². The maximum Gasteiger partial charge on any atom is 0.228 e. The molecule has 3 N–H and O–H groups in total. The second kappa shape index (κ2) is 6.47. The predicted octanol–water partition coefficient (Wildman–Crippen LogP) is 3.66. The fraction of sp³-hybridized carbons (Fsp3) is 0.250. The summed E-state index contributed by atoms with van der Waals surface area (Å²) in [4.78, 5) is 12.3. The average Bonchev–Trinajstić information content (AvgIpc) is 2.41. The average molecular weight is 330 g/mol. The van der Waals surface area contributed by atoms with Crippen molar-refractivity contribution >= 4 is 46.9 Å². The number of hydrogen-bond donors (Lipinski definition) is 2. The van der Waals surface area contributed by atoms with Crippen LogP contribution >= 0.6 is 35.0 Å². The van der Waals surface area contributed by atoms with Crippen LogP contribution in [0.3, 0.4) is 0 Å². The van der Waals surface area contributed by atoms with Crippen LogP contribution in [-0.4, -0.2) is 21.2 Å². The number of nitrogens with one attached hydrogen (secondary N) is 1. The van der Waals surface area contributed by atoms with E-state index in [9.17, 15) is 0 Å². The summed E-state index contributed by atoms with van der Waals surface area (Å²) in [5, 5.41) is 4.77. The Kier molecular flexibility index (Phi) is 4.91. The molecule has 0 amide bonds. The van der Waals surface area contributed by atoms with Crippen LogP contribution < -0.4 is 11.1 Å². The van der Waals surface area contributed by atoms with Gasteiger partial charge in [0.25, 0.3) is 0 Å². The quantitative estimate of drug-likeness (QED) is 0.833. The van der Waals surface area contributed by atoms with Gasteiger partial charge >= 0.3 is 0 Å². The van der Waals surface area contributed by atoms with E-state index in [4.69, 9.17) is 28.9 Å². The minimum absolute atomic E-state index is 0.0405. The van der Waals surface area contributed by atoms with E-state index in [1.165, 1.54) is 11.8 Å². The number of halogens is 2. The summed E-state index contributed by atoms with van der Waals surface area (Å²) in [5.74, 6) is 0.619. The lowest BCUT2D eigenvalue weighted by Crippen LogP contribution is -2.11. The third-order valence-corrected chi connectivity index (χ3v) is 3.89. The number of thioether (sulfide) groups is 1. The number of hydrogen-bond acceptors (Lipinski definition) is 6. The van der Waals surface area contributed by atoms with E-state index in [0.717, 1.165) is 5.56 Å². The lowest BCUT2D eigenvalue weighted by atomic mass is 10.1. The van der Waals surface area contributed by atoms with Gasteiger partial charge in [0.05, 0.1) is 16.1 Å². The largest absolute Gasteiger partial charge is 0.368 e. The van der Waals surface area contributed by atoms with Crippen molar-refractivity contribution in [1.82, 2.24) is 15.0 Å². The van der Waals surface area contributed by atoms with Gasteiger partial charge in [-0.15, -0.1) is 0 Å². The third-order valence-electron chi connectivity index (χ3n) is 2.60. The fourth-order valence-electron chi connectivity index (χ4n) is 1.59. The first-order valence-corrected chi connectivity index (χ1v) is 7.74. The fourth-order valence-corrected chi connectivity index (χ4v) is 2.26. The molecule has 20 heavy (non-hydrogen) atoms. The number of benzene rings is 1. The van der Waals surface area contributed by atoms with Crippen molar-refractivity contribution in [2.24, 2.45) is 0 Å². The van der Waals surface area contributed by atoms with Gasteiger partial charge in [-0.2, -0.15) is 15.0 Å². The van der Waals surface area contributed by atoms with E-state index in [1.807, 2.05) is 25.3 Å². The second-order valence-corrected chi connectivity index (χ2v) is 5.63. The molecule has 0 saturated carbocycles. The van der Waals surface area contributed by atoms with E-state index >= 15 is 0 Å². The van der Waals surface area contributed by atoms with E-state index in [0.29, 0.717) is 21.2 Å². The van der Waals surface area contributed by atoms with Gasteiger partial charge in [0.1, 0.15) is 0 Å². The molecule has 5 nitrogen and oxygen atoms in total. The molecule has 0 spiro atoms. The number of nitrogens with two attached hydrogens (primary N) is 1. The number of nitrogen functional groups attached to an aromatic ring is 1. The summed E-state index contributed by atoms with van der Waals surface area (Å²) < 4.78 is 0. The molecule has 0 saturated heterocycles. The Morgan fingerprint density at radius 1 is 1.20 bits per heavy atom. The molecule has 0 aliphatic rings. The van der Waals surface area contributed by atoms with Crippen LogP contribution in [0.1, 0.15) is 18.5 Å². The third kappa shape index (κ3) is 3.65. The number of aromatic nitrogens is 3. The van der Waals surface area contributed by atoms with Gasteiger partial charge in [0.2, 0.25) is 11.9 Å². The van der Waals surface area contributed by atoms with Crippen molar-refractivity contribution in [3.63, 3.8) is 0 Å². The molecule has 8 heteroatoms. The lowest BCUT2D eigenvalue weighted by Gasteiger charge is -2.15. The first-order chi connectivity index (χ1) is 9.49. The Balaban J connectivity index is 2.20. The predicted molar refractivity (Wildman–Crippen MR) is 84.5 cm³/mol. The Bertz CT molecular complexity index is 623. The van der Waals surface area contributed by atoms with Crippen molar-refractivity contribution < 1.29 is 0 Å². The van der Waals surface area contributed by atoms with Gasteiger partial charge in [0.15, 0.2) is 5.16 Å². The Hall–Kier alpha value is -1.24. The minimum atomic E-state index is -0.0405. The highest BCUT2D eigenvalue weighted by molar-refractivity contribution is 7.98. The molecule has 106 valence electrons. The first-order valence-electron chi connectivity index (χ1n) is 5.76. The van der Waals surface area contributed by atoms with Gasteiger partial charge in [-0.05, 0) is 30.9 Å². The first kappa shape index (κ1) is 15.2. The van der Waals surface area contributed by atoms with Crippen LogP contribution in [0.2, 0.25) is 10.0 Å². The molecule has 2 aromatic rings. The summed E-state index contributed by atoms with van der Waals surface area (Å²) in [6.07, 6.45) is 1.88. The standard InChI is InChI=1S/C12H13Cl2N5S/c1-6(7-3-4-8(13)9(14)5-7)16-11-17-10(15)18-12(19-11)20-2/h3-6H,1-2H3,(H3,15,16,17,18,19). The van der Waals surface area contributed by atoms with Crippen LogP contribution in [0, 0.1) is 0 Å². The smallest absolute Gasteiger partial charge is 0.228 e. The highest BCUT2D eigenvalue weighted by Gasteiger charge is 2.10. The van der Waals surface area contributed by atoms with Crippen molar-refractivity contribution in [1.29, 1.82) is 0 Å². The number of anilines is 2. The van der Waals surface area contributed by atoms with Crippen molar-refractivity contribution in [2.45, 2.75) is 18.1 Å². The zero-order valence-electron chi connectivity index (χ0n) is 10.9. The highest BCUT2D eigenvalue weighted by atomic mass is 35.5. The molecule has 0 aliphatic carbocycles. The van der Waals surface area contributed by atoms with Crippen LogP contribution in [-0.2, 0) is 0 Å². The van der Waals surface area contributed by atoms with Crippen LogP contribution in [0.25, 0.3) is 0 Å². The minimum Gasteiger partial charge on any atom is -0.368 e. The highest BCUT2D eigenvalue weighted by Crippen LogP contribution is 2.27. The van der Waals surface area contributed by atoms with Crippen LogP contribution in [0.4, 0.5) is 11.9 Å². The molecule has 0 bridgehead atoms. The molecular weight excluding hydrogens is 317 g/mol. The van der Waals surface area contributed by atoms with Crippen LogP contribution in [0.15, 0.2) is 23.4 Å². The molecule has 1 aromatic heterocycles.